The normalized spacial score (nSPS) is 21.1. The van der Waals surface area contributed by atoms with Crippen LogP contribution in [0, 0.1) is 0 Å². The largest absolute Gasteiger partial charge is 0.334 e. The maximum Gasteiger partial charge on any atom is 0.294 e. The number of piperidine rings is 1. The van der Waals surface area contributed by atoms with E-state index in [-0.39, 0.29) is 18.5 Å². The molecule has 1 aromatic carbocycles. The maximum atomic E-state index is 13.0. The molecule has 1 aromatic heterocycles. The molecule has 2 fully saturated rings. The number of hydrogen-bond donors (Lipinski definition) is 0. The highest BCUT2D eigenvalue weighted by Gasteiger charge is 2.38. The molecule has 3 amide bonds. The first-order valence-corrected chi connectivity index (χ1v) is 10.4. The summed E-state index contributed by atoms with van der Waals surface area (Å²) in [4.78, 5) is 45.5. The van der Waals surface area contributed by atoms with Crippen LogP contribution >= 0.6 is 11.8 Å². The van der Waals surface area contributed by atoms with Gasteiger partial charge in [-0.1, -0.05) is 36.4 Å². The van der Waals surface area contributed by atoms with E-state index in [9.17, 15) is 14.4 Å². The van der Waals surface area contributed by atoms with Gasteiger partial charge < -0.3 is 4.90 Å². The van der Waals surface area contributed by atoms with Crippen molar-refractivity contribution in [2.45, 2.75) is 25.3 Å². The zero-order chi connectivity index (χ0) is 20.2. The van der Waals surface area contributed by atoms with Crippen LogP contribution in [0.15, 0.2) is 59.8 Å². The molecule has 0 radical (unpaired) electrons. The first kappa shape index (κ1) is 19.4. The first-order valence-electron chi connectivity index (χ1n) is 9.63. The molecule has 0 spiro atoms. The number of imide groups is 1. The van der Waals surface area contributed by atoms with Gasteiger partial charge in [0.15, 0.2) is 0 Å². The van der Waals surface area contributed by atoms with Crippen molar-refractivity contribution in [2.75, 3.05) is 13.1 Å². The second kappa shape index (κ2) is 8.61. The van der Waals surface area contributed by atoms with Crippen molar-refractivity contribution in [3.63, 3.8) is 0 Å². The van der Waals surface area contributed by atoms with Crippen molar-refractivity contribution in [3.8, 4) is 0 Å². The second-order valence-electron chi connectivity index (χ2n) is 7.06. The summed E-state index contributed by atoms with van der Waals surface area (Å²) in [6, 6.07) is 13.1. The van der Waals surface area contributed by atoms with Gasteiger partial charge in [0.05, 0.1) is 10.9 Å². The highest BCUT2D eigenvalue weighted by molar-refractivity contribution is 8.18. The summed E-state index contributed by atoms with van der Waals surface area (Å²) >= 11 is 0.880. The van der Waals surface area contributed by atoms with Gasteiger partial charge in [-0.05, 0) is 54.3 Å². The standard InChI is InChI=1S/C22H21N3O3S/c26-20(24-12-5-4-10-18(24)17-9-6-11-23-14-17)15-25-21(27)19(29-22(25)28)13-16-7-2-1-3-8-16/h1-3,6-9,11,13-14,18H,4-5,10,12,15H2/b19-13+/t18-/m0/s1. The summed E-state index contributed by atoms with van der Waals surface area (Å²) in [6.45, 7) is 0.391. The molecular formula is C22H21N3O3S. The summed E-state index contributed by atoms with van der Waals surface area (Å²) in [5.74, 6) is -0.617. The molecule has 148 valence electrons. The van der Waals surface area contributed by atoms with E-state index in [1.807, 2.05) is 42.5 Å². The summed E-state index contributed by atoms with van der Waals surface area (Å²) < 4.78 is 0. The number of carbonyl (C=O) groups excluding carboxylic acids is 3. The van der Waals surface area contributed by atoms with E-state index >= 15 is 0 Å². The Hall–Kier alpha value is -2.93. The van der Waals surface area contributed by atoms with Crippen LogP contribution in [-0.4, -0.2) is 44.9 Å². The fourth-order valence-corrected chi connectivity index (χ4v) is 4.55. The molecule has 0 aliphatic carbocycles. The van der Waals surface area contributed by atoms with Crippen LogP contribution in [0.25, 0.3) is 6.08 Å². The van der Waals surface area contributed by atoms with Gasteiger partial charge in [-0.2, -0.15) is 0 Å². The lowest BCUT2D eigenvalue weighted by Crippen LogP contribution is -2.45. The van der Waals surface area contributed by atoms with Crippen LogP contribution < -0.4 is 0 Å². The lowest BCUT2D eigenvalue weighted by Gasteiger charge is -2.36. The van der Waals surface area contributed by atoms with E-state index in [1.165, 1.54) is 0 Å². The van der Waals surface area contributed by atoms with Crippen LogP contribution in [0.1, 0.15) is 36.4 Å². The molecule has 2 aliphatic rings. The van der Waals surface area contributed by atoms with E-state index in [4.69, 9.17) is 0 Å². The summed E-state index contributed by atoms with van der Waals surface area (Å²) in [5.41, 5.74) is 1.83. The minimum atomic E-state index is -0.410. The average Bonchev–Trinajstić information content (AvgIpc) is 3.02. The average molecular weight is 407 g/mol. The second-order valence-corrected chi connectivity index (χ2v) is 8.06. The van der Waals surface area contributed by atoms with Crippen LogP contribution in [0.2, 0.25) is 0 Å². The number of amides is 3. The Balaban J connectivity index is 1.49. The van der Waals surface area contributed by atoms with Crippen LogP contribution in [-0.2, 0) is 9.59 Å². The Morgan fingerprint density at radius 1 is 1.14 bits per heavy atom. The third-order valence-corrected chi connectivity index (χ3v) is 6.06. The molecule has 4 rings (SSSR count). The molecule has 0 unspecified atom stereocenters. The van der Waals surface area contributed by atoms with Gasteiger partial charge >= 0.3 is 0 Å². The Kier molecular flexibility index (Phi) is 5.76. The quantitative estimate of drug-likeness (QED) is 0.720. The maximum absolute atomic E-state index is 13.0. The lowest BCUT2D eigenvalue weighted by molar-refractivity contribution is -0.138. The zero-order valence-corrected chi connectivity index (χ0v) is 16.7. The van der Waals surface area contributed by atoms with Crippen molar-refractivity contribution >= 4 is 34.9 Å². The summed E-state index contributed by atoms with van der Waals surface area (Å²) in [6.07, 6.45) is 7.97. The Bertz CT molecular complexity index is 946. The van der Waals surface area contributed by atoms with Crippen LogP contribution in [0.4, 0.5) is 4.79 Å². The summed E-state index contributed by atoms with van der Waals surface area (Å²) in [5, 5.41) is -0.402. The predicted octanol–water partition coefficient (Wildman–Crippen LogP) is 3.87. The SMILES string of the molecule is O=C1S/C(=C/c2ccccc2)C(=O)N1CC(=O)N1CCCC[C@H]1c1cccnc1. The zero-order valence-electron chi connectivity index (χ0n) is 15.9. The number of benzene rings is 1. The fraction of sp³-hybridized carbons (Fsp3) is 0.273. The van der Waals surface area contributed by atoms with Crippen molar-refractivity contribution in [1.82, 2.24) is 14.8 Å². The molecule has 2 aliphatic heterocycles. The smallest absolute Gasteiger partial charge is 0.294 e. The highest BCUT2D eigenvalue weighted by Crippen LogP contribution is 2.34. The molecule has 2 aromatic rings. The van der Waals surface area contributed by atoms with Gasteiger partial charge in [-0.3, -0.25) is 24.3 Å². The van der Waals surface area contributed by atoms with Gasteiger partial charge in [0.2, 0.25) is 5.91 Å². The minimum absolute atomic E-state index is 0.0651. The lowest BCUT2D eigenvalue weighted by atomic mass is 9.96. The molecule has 0 N–H and O–H groups in total. The van der Waals surface area contributed by atoms with Crippen molar-refractivity contribution in [1.29, 1.82) is 0 Å². The number of carbonyl (C=O) groups is 3. The van der Waals surface area contributed by atoms with Crippen molar-refractivity contribution in [2.24, 2.45) is 0 Å². The van der Waals surface area contributed by atoms with Gasteiger partial charge in [-0.25, -0.2) is 0 Å². The Morgan fingerprint density at radius 2 is 1.97 bits per heavy atom. The van der Waals surface area contributed by atoms with Crippen molar-refractivity contribution in [3.05, 3.63) is 70.9 Å². The molecule has 1 atom stereocenters. The van der Waals surface area contributed by atoms with Crippen LogP contribution in [0.3, 0.4) is 0 Å². The molecule has 0 bridgehead atoms. The van der Waals surface area contributed by atoms with Gasteiger partial charge in [0, 0.05) is 18.9 Å². The molecular weight excluding hydrogens is 386 g/mol. The van der Waals surface area contributed by atoms with Crippen molar-refractivity contribution < 1.29 is 14.4 Å². The minimum Gasteiger partial charge on any atom is -0.334 e. The molecule has 3 heterocycles. The Morgan fingerprint density at radius 3 is 2.72 bits per heavy atom. The van der Waals surface area contributed by atoms with E-state index in [0.717, 1.165) is 47.1 Å². The van der Waals surface area contributed by atoms with Gasteiger partial charge in [0.1, 0.15) is 6.54 Å². The van der Waals surface area contributed by atoms with Crippen LogP contribution in [0.5, 0.6) is 0 Å². The third-order valence-electron chi connectivity index (χ3n) is 5.16. The van der Waals surface area contributed by atoms with E-state index in [0.29, 0.717) is 11.4 Å². The predicted molar refractivity (Wildman–Crippen MR) is 112 cm³/mol. The molecule has 6 nitrogen and oxygen atoms in total. The number of pyridine rings is 1. The number of aromatic nitrogens is 1. The topological polar surface area (TPSA) is 70.6 Å². The van der Waals surface area contributed by atoms with E-state index in [1.54, 1.807) is 23.4 Å². The molecule has 7 heteroatoms. The molecule has 29 heavy (non-hydrogen) atoms. The number of likely N-dealkylation sites (tertiary alicyclic amines) is 1. The Labute approximate surface area is 173 Å². The summed E-state index contributed by atoms with van der Waals surface area (Å²) in [7, 11) is 0. The molecule has 0 saturated carbocycles. The number of hydrogen-bond acceptors (Lipinski definition) is 5. The van der Waals surface area contributed by atoms with E-state index in [2.05, 4.69) is 4.98 Å². The van der Waals surface area contributed by atoms with Gasteiger partial charge in [-0.15, -0.1) is 0 Å². The first-order chi connectivity index (χ1) is 14.1. The highest BCUT2D eigenvalue weighted by atomic mass is 32.2. The fourth-order valence-electron chi connectivity index (χ4n) is 3.71. The van der Waals surface area contributed by atoms with E-state index < -0.39 is 11.1 Å². The van der Waals surface area contributed by atoms with Gasteiger partial charge in [0.25, 0.3) is 11.1 Å². The monoisotopic (exact) mass is 407 g/mol. The number of rotatable bonds is 4. The number of nitrogens with zero attached hydrogens (tertiary/aromatic N) is 3. The third kappa shape index (κ3) is 4.24. The molecule has 2 saturated heterocycles. The number of thioether (sulfide) groups is 1.